The number of hydrogen-bond acceptors (Lipinski definition) is 3. The summed E-state index contributed by atoms with van der Waals surface area (Å²) in [5, 5.41) is 9.24. The summed E-state index contributed by atoms with van der Waals surface area (Å²) >= 11 is 0. The monoisotopic (exact) mass is 322 g/mol. The van der Waals surface area contributed by atoms with Gasteiger partial charge in [-0.05, 0) is 25.7 Å². The molecule has 5 heteroatoms. The van der Waals surface area contributed by atoms with Crippen LogP contribution in [-0.2, 0) is 10.1 Å². The van der Waals surface area contributed by atoms with Gasteiger partial charge in [-0.15, -0.1) is 0 Å². The Labute approximate surface area is 131 Å². The molecule has 0 aromatic rings. The normalized spacial score (nSPS) is 15.0. The lowest BCUT2D eigenvalue weighted by molar-refractivity contribution is 0.147. The van der Waals surface area contributed by atoms with Crippen molar-refractivity contribution in [3.8, 4) is 0 Å². The van der Waals surface area contributed by atoms with Crippen LogP contribution in [0.3, 0.4) is 0 Å². The minimum atomic E-state index is -3.91. The molecule has 0 spiro atoms. The fourth-order valence-corrected chi connectivity index (χ4v) is 3.64. The number of unbranched alkanes of at least 4 members (excludes halogenated alkanes) is 5. The van der Waals surface area contributed by atoms with Crippen LogP contribution < -0.4 is 0 Å². The zero-order valence-corrected chi connectivity index (χ0v) is 14.6. The van der Waals surface area contributed by atoms with Gasteiger partial charge in [0.05, 0.1) is 11.4 Å². The minimum absolute atomic E-state index is 0.262. The van der Waals surface area contributed by atoms with Crippen molar-refractivity contribution in [2.24, 2.45) is 0 Å². The molecule has 0 saturated carbocycles. The van der Waals surface area contributed by atoms with Crippen molar-refractivity contribution < 1.29 is 18.1 Å². The molecule has 0 rings (SSSR count). The molecule has 0 aliphatic rings. The molecule has 0 aliphatic heterocycles. The average Bonchev–Trinajstić information content (AvgIpc) is 2.41. The summed E-state index contributed by atoms with van der Waals surface area (Å²) in [5.41, 5.74) is 0. The Morgan fingerprint density at radius 1 is 0.762 bits per heavy atom. The smallest absolute Gasteiger partial charge is 0.267 e. The maximum atomic E-state index is 11.2. The summed E-state index contributed by atoms with van der Waals surface area (Å²) in [7, 11) is -3.91. The van der Waals surface area contributed by atoms with Crippen molar-refractivity contribution in [2.75, 3.05) is 0 Å². The summed E-state index contributed by atoms with van der Waals surface area (Å²) in [6.07, 6.45) is 10.7. The fraction of sp³-hybridized carbons (Fsp3) is 1.00. The van der Waals surface area contributed by atoms with E-state index in [-0.39, 0.29) is 6.10 Å². The number of rotatable bonds is 14. The van der Waals surface area contributed by atoms with Crippen molar-refractivity contribution in [3.05, 3.63) is 0 Å². The minimum Gasteiger partial charge on any atom is -0.393 e. The Morgan fingerprint density at radius 3 is 1.81 bits per heavy atom. The van der Waals surface area contributed by atoms with Crippen molar-refractivity contribution in [2.45, 2.75) is 102 Å². The van der Waals surface area contributed by atoms with E-state index in [1.807, 2.05) is 6.92 Å². The third-order valence-electron chi connectivity index (χ3n) is 3.99. The highest BCUT2D eigenvalue weighted by Gasteiger charge is 2.21. The van der Waals surface area contributed by atoms with Crippen molar-refractivity contribution >= 4 is 10.1 Å². The quantitative estimate of drug-likeness (QED) is 0.369. The Kier molecular flexibility index (Phi) is 12.3. The Morgan fingerprint density at radius 2 is 1.29 bits per heavy atom. The molecular formula is C16H34O4S. The van der Waals surface area contributed by atoms with E-state index in [9.17, 15) is 13.5 Å². The molecule has 0 aliphatic carbocycles. The van der Waals surface area contributed by atoms with Gasteiger partial charge in [0.15, 0.2) is 0 Å². The molecule has 0 amide bonds. The molecule has 128 valence electrons. The molecule has 2 N–H and O–H groups in total. The van der Waals surface area contributed by atoms with E-state index in [0.29, 0.717) is 12.8 Å². The molecule has 2 atom stereocenters. The van der Waals surface area contributed by atoms with E-state index in [1.165, 1.54) is 25.7 Å². The summed E-state index contributed by atoms with van der Waals surface area (Å²) < 4.78 is 31.5. The summed E-state index contributed by atoms with van der Waals surface area (Å²) in [6, 6.07) is 0. The molecule has 0 heterocycles. The first-order chi connectivity index (χ1) is 9.91. The Hall–Kier alpha value is -0.130. The largest absolute Gasteiger partial charge is 0.393 e. The molecule has 0 fully saturated rings. The average molecular weight is 323 g/mol. The first kappa shape index (κ1) is 20.9. The second-order valence-electron chi connectivity index (χ2n) is 6.07. The van der Waals surface area contributed by atoms with Gasteiger partial charge in [-0.25, -0.2) is 0 Å². The van der Waals surface area contributed by atoms with Crippen LogP contribution in [0.1, 0.15) is 90.9 Å². The number of hydrogen-bond donors (Lipinski definition) is 2. The van der Waals surface area contributed by atoms with Crippen LogP contribution in [0.4, 0.5) is 0 Å². The van der Waals surface area contributed by atoms with Gasteiger partial charge in [0.1, 0.15) is 0 Å². The van der Waals surface area contributed by atoms with E-state index < -0.39 is 15.4 Å². The summed E-state index contributed by atoms with van der Waals surface area (Å²) in [5.74, 6) is 0. The third-order valence-corrected chi connectivity index (χ3v) is 5.30. The lowest BCUT2D eigenvalue weighted by atomic mass is 10.0. The number of aliphatic hydroxyl groups excluding tert-OH is 1. The van der Waals surface area contributed by atoms with Crippen LogP contribution in [0, 0.1) is 0 Å². The SMILES string of the molecule is CCCCCCCC(O)CCCCC(CCC)S(=O)(=O)O. The number of aliphatic hydroxyl groups is 1. The molecule has 0 aromatic carbocycles. The van der Waals surface area contributed by atoms with E-state index in [2.05, 4.69) is 6.92 Å². The van der Waals surface area contributed by atoms with E-state index in [4.69, 9.17) is 4.55 Å². The molecule has 0 saturated heterocycles. The van der Waals surface area contributed by atoms with Crippen LogP contribution in [0.15, 0.2) is 0 Å². The van der Waals surface area contributed by atoms with Crippen LogP contribution in [0.5, 0.6) is 0 Å². The molecule has 2 unspecified atom stereocenters. The summed E-state index contributed by atoms with van der Waals surface area (Å²) in [4.78, 5) is 0. The van der Waals surface area contributed by atoms with Crippen LogP contribution in [0.2, 0.25) is 0 Å². The van der Waals surface area contributed by atoms with Gasteiger partial charge in [0, 0.05) is 0 Å². The lowest BCUT2D eigenvalue weighted by Crippen LogP contribution is -2.20. The van der Waals surface area contributed by atoms with E-state index in [0.717, 1.165) is 38.5 Å². The topological polar surface area (TPSA) is 74.6 Å². The Balaban J connectivity index is 3.68. The molecule has 0 radical (unpaired) electrons. The third kappa shape index (κ3) is 12.1. The van der Waals surface area contributed by atoms with Gasteiger partial charge in [0.2, 0.25) is 0 Å². The summed E-state index contributed by atoms with van der Waals surface area (Å²) in [6.45, 7) is 4.10. The van der Waals surface area contributed by atoms with E-state index in [1.54, 1.807) is 0 Å². The highest BCUT2D eigenvalue weighted by Crippen LogP contribution is 2.17. The standard InChI is InChI=1S/C16H34O4S/c1-3-5-6-7-8-12-15(17)13-9-10-14-16(11-4-2)21(18,19)20/h15-17H,3-14H2,1-2H3,(H,18,19,20). The zero-order chi connectivity index (χ0) is 16.1. The predicted octanol–water partition coefficient (Wildman–Crippen LogP) is 4.32. The van der Waals surface area contributed by atoms with Crippen molar-refractivity contribution in [1.82, 2.24) is 0 Å². The maximum Gasteiger partial charge on any atom is 0.267 e. The molecule has 0 aromatic heterocycles. The van der Waals surface area contributed by atoms with Crippen molar-refractivity contribution in [3.63, 3.8) is 0 Å². The lowest BCUT2D eigenvalue weighted by Gasteiger charge is -2.14. The van der Waals surface area contributed by atoms with Crippen LogP contribution in [0.25, 0.3) is 0 Å². The van der Waals surface area contributed by atoms with Crippen LogP contribution >= 0.6 is 0 Å². The highest BCUT2D eigenvalue weighted by atomic mass is 32.2. The molecule has 21 heavy (non-hydrogen) atoms. The van der Waals surface area contributed by atoms with Crippen LogP contribution in [-0.4, -0.2) is 29.4 Å². The maximum absolute atomic E-state index is 11.2. The molecule has 4 nitrogen and oxygen atoms in total. The molecular weight excluding hydrogens is 288 g/mol. The first-order valence-corrected chi connectivity index (χ1v) is 10.1. The fourth-order valence-electron chi connectivity index (χ4n) is 2.64. The molecule has 0 bridgehead atoms. The van der Waals surface area contributed by atoms with Gasteiger partial charge in [0.25, 0.3) is 10.1 Å². The van der Waals surface area contributed by atoms with Gasteiger partial charge in [-0.2, -0.15) is 8.42 Å². The first-order valence-electron chi connectivity index (χ1n) is 8.56. The van der Waals surface area contributed by atoms with Gasteiger partial charge in [-0.3, -0.25) is 4.55 Å². The van der Waals surface area contributed by atoms with Gasteiger partial charge < -0.3 is 5.11 Å². The Bertz CT molecular complexity index is 327. The van der Waals surface area contributed by atoms with E-state index >= 15 is 0 Å². The van der Waals surface area contributed by atoms with Gasteiger partial charge >= 0.3 is 0 Å². The van der Waals surface area contributed by atoms with Gasteiger partial charge in [-0.1, -0.05) is 65.2 Å². The van der Waals surface area contributed by atoms with Crippen molar-refractivity contribution in [1.29, 1.82) is 0 Å². The second-order valence-corrected chi connectivity index (χ2v) is 7.76. The zero-order valence-electron chi connectivity index (χ0n) is 13.8. The highest BCUT2D eigenvalue weighted by molar-refractivity contribution is 7.86. The second kappa shape index (κ2) is 12.4. The predicted molar refractivity (Wildman–Crippen MR) is 88.1 cm³/mol.